The fourth-order valence-corrected chi connectivity index (χ4v) is 11.8. The second-order valence-corrected chi connectivity index (χ2v) is 17.4. The van der Waals surface area contributed by atoms with Crippen molar-refractivity contribution in [1.29, 1.82) is 0 Å². The molecule has 310 valence electrons. The quantitative estimate of drug-likeness (QED) is 0.123. The molecular formula is C58H36O5S2. The molecule has 0 bridgehead atoms. The van der Waals surface area contributed by atoms with Gasteiger partial charge in [0, 0.05) is 45.6 Å². The molecule has 5 nitrogen and oxygen atoms in total. The fraction of sp³-hybridized carbons (Fsp3) is 0.0345. The number of hydrogen-bond donors (Lipinski definition) is 2. The standard InChI is InChI=1S/C58H36O5S2/c59-37-27-23-35(24-28-37)57(47-17-5-1-11-39(47)40-12-2-6-18-48(40)57)36-25-29-38(30-26-36)62-65-63-54-22-10-16-46-44(54)32-34-52-56(46)60-55-45-15-9-21-53(61-64)43(45)31-33-51(55)58(52)49-19-7-3-13-41(49)42-14-4-8-20-50(42)58/h1-34,59,64H. The van der Waals surface area contributed by atoms with Gasteiger partial charge in [0.05, 0.1) is 10.8 Å². The van der Waals surface area contributed by atoms with Gasteiger partial charge in [0.1, 0.15) is 34.5 Å². The normalized spacial score (nSPS) is 14.1. The first-order valence-electron chi connectivity index (χ1n) is 21.5. The molecule has 2 aliphatic carbocycles. The topological polar surface area (TPSA) is 57.2 Å². The maximum absolute atomic E-state index is 10.3. The molecule has 0 atom stereocenters. The highest BCUT2D eigenvalue weighted by atomic mass is 32.2. The second-order valence-electron chi connectivity index (χ2n) is 16.8. The number of aromatic hydroxyl groups is 1. The van der Waals surface area contributed by atoms with Gasteiger partial charge in [-0.05, 0) is 104 Å². The van der Waals surface area contributed by atoms with Crippen LogP contribution in [0.2, 0.25) is 0 Å². The Morgan fingerprint density at radius 2 is 0.831 bits per heavy atom. The Balaban J connectivity index is 0.878. The van der Waals surface area contributed by atoms with Crippen LogP contribution in [-0.2, 0) is 10.8 Å². The first-order valence-corrected chi connectivity index (χ1v) is 22.6. The average molecular weight is 877 g/mol. The Bertz CT molecular complexity index is 3470. The molecule has 1 heterocycles. The molecule has 0 unspecified atom stereocenters. The molecule has 10 aromatic carbocycles. The van der Waals surface area contributed by atoms with Gasteiger partial charge in [-0.25, -0.2) is 0 Å². The lowest BCUT2D eigenvalue weighted by Gasteiger charge is -2.40. The van der Waals surface area contributed by atoms with Crippen LogP contribution in [-0.4, -0.2) is 5.11 Å². The van der Waals surface area contributed by atoms with Crippen LogP contribution in [0.15, 0.2) is 206 Å². The molecule has 0 radical (unpaired) electrons. The number of phenolic OH excluding ortho intramolecular Hbond substituents is 1. The first kappa shape index (κ1) is 37.9. The van der Waals surface area contributed by atoms with E-state index in [9.17, 15) is 5.11 Å². The van der Waals surface area contributed by atoms with Gasteiger partial charge in [-0.15, -0.1) is 0 Å². The summed E-state index contributed by atoms with van der Waals surface area (Å²) >= 11 is 5.14. The number of ether oxygens (including phenoxy) is 1. The van der Waals surface area contributed by atoms with Gasteiger partial charge in [-0.1, -0.05) is 158 Å². The first-order chi connectivity index (χ1) is 32.1. The molecule has 0 aromatic heterocycles. The third-order valence-corrected chi connectivity index (χ3v) is 14.5. The summed E-state index contributed by atoms with van der Waals surface area (Å²) in [4.78, 5) is 0. The number of hydrogen-bond acceptors (Lipinski definition) is 7. The predicted molar refractivity (Wildman–Crippen MR) is 263 cm³/mol. The van der Waals surface area contributed by atoms with E-state index >= 15 is 0 Å². The average Bonchev–Trinajstić information content (AvgIpc) is 3.83. The van der Waals surface area contributed by atoms with E-state index in [0.29, 0.717) is 17.2 Å². The lowest BCUT2D eigenvalue weighted by Crippen LogP contribution is -2.32. The third-order valence-electron chi connectivity index (χ3n) is 13.8. The summed E-state index contributed by atoms with van der Waals surface area (Å²) in [5, 5.41) is 14.0. The second kappa shape index (κ2) is 14.5. The maximum atomic E-state index is 10.3. The van der Waals surface area contributed by atoms with Gasteiger partial charge >= 0.3 is 0 Å². The minimum atomic E-state index is -0.652. The van der Waals surface area contributed by atoms with Crippen LogP contribution < -0.4 is 17.3 Å². The predicted octanol–water partition coefficient (Wildman–Crippen LogP) is 14.8. The van der Waals surface area contributed by atoms with Crippen LogP contribution >= 0.6 is 25.2 Å². The summed E-state index contributed by atoms with van der Waals surface area (Å²) in [5.41, 5.74) is 12.7. The van der Waals surface area contributed by atoms with Crippen LogP contribution in [0.3, 0.4) is 0 Å². The molecule has 1 N–H and O–H groups in total. The number of rotatable bonds is 7. The summed E-state index contributed by atoms with van der Waals surface area (Å²) in [7, 11) is 0. The highest BCUT2D eigenvalue weighted by molar-refractivity contribution is 7.90. The van der Waals surface area contributed by atoms with Crippen molar-refractivity contribution >= 4 is 46.8 Å². The van der Waals surface area contributed by atoms with Crippen molar-refractivity contribution < 1.29 is 22.4 Å². The number of fused-ring (bicyclic) bond motifs is 16. The minimum absolute atomic E-state index is 0.231. The third kappa shape index (κ3) is 5.25. The van der Waals surface area contributed by atoms with Gasteiger partial charge in [-0.2, -0.15) is 0 Å². The molecule has 0 fully saturated rings. The summed E-state index contributed by atoms with van der Waals surface area (Å²) in [6, 6.07) is 71.2. The molecule has 1 aliphatic heterocycles. The number of phenols is 1. The van der Waals surface area contributed by atoms with Crippen molar-refractivity contribution in [1.82, 2.24) is 0 Å². The zero-order valence-corrected chi connectivity index (χ0v) is 36.3. The van der Waals surface area contributed by atoms with Crippen molar-refractivity contribution in [3.63, 3.8) is 0 Å². The van der Waals surface area contributed by atoms with Gasteiger partial charge in [0.15, 0.2) is 0 Å². The number of thiol groups is 1. The highest BCUT2D eigenvalue weighted by Crippen LogP contribution is 2.64. The van der Waals surface area contributed by atoms with Crippen LogP contribution in [0.5, 0.6) is 34.5 Å². The number of benzene rings is 10. The summed E-state index contributed by atoms with van der Waals surface area (Å²) < 4.78 is 25.5. The molecule has 13 rings (SSSR count). The van der Waals surface area contributed by atoms with Crippen LogP contribution in [0.25, 0.3) is 43.8 Å². The van der Waals surface area contributed by atoms with Gasteiger partial charge in [0.25, 0.3) is 12.3 Å². The Morgan fingerprint density at radius 3 is 1.34 bits per heavy atom. The van der Waals surface area contributed by atoms with Crippen molar-refractivity contribution in [2.24, 2.45) is 0 Å². The van der Waals surface area contributed by atoms with E-state index in [-0.39, 0.29) is 5.75 Å². The molecule has 0 amide bonds. The summed E-state index contributed by atoms with van der Waals surface area (Å²) in [6.45, 7) is 0. The molecule has 0 saturated heterocycles. The van der Waals surface area contributed by atoms with E-state index in [1.54, 1.807) is 12.1 Å². The van der Waals surface area contributed by atoms with E-state index in [0.717, 1.165) is 67.6 Å². The highest BCUT2D eigenvalue weighted by Gasteiger charge is 2.52. The molecule has 65 heavy (non-hydrogen) atoms. The molecule has 1 spiro atoms. The van der Waals surface area contributed by atoms with Crippen LogP contribution in [0.1, 0.15) is 44.5 Å². The fourth-order valence-electron chi connectivity index (χ4n) is 11.2. The van der Waals surface area contributed by atoms with Gasteiger partial charge < -0.3 is 22.4 Å². The van der Waals surface area contributed by atoms with Crippen molar-refractivity contribution in [3.8, 4) is 56.8 Å². The zero-order chi connectivity index (χ0) is 43.3. The van der Waals surface area contributed by atoms with E-state index in [2.05, 4.69) is 159 Å². The molecule has 7 heteroatoms. The largest absolute Gasteiger partial charge is 0.508 e. The Hall–Kier alpha value is -7.58. The molecular weight excluding hydrogens is 841 g/mol. The Morgan fingerprint density at radius 1 is 0.385 bits per heavy atom. The molecule has 10 aromatic rings. The van der Waals surface area contributed by atoms with E-state index in [4.69, 9.17) is 17.3 Å². The zero-order valence-electron chi connectivity index (χ0n) is 34.6. The lowest BCUT2D eigenvalue weighted by atomic mass is 9.65. The smallest absolute Gasteiger partial charge is 0.293 e. The molecule has 0 saturated carbocycles. The maximum Gasteiger partial charge on any atom is 0.293 e. The summed E-state index contributed by atoms with van der Waals surface area (Å²) in [5.74, 6) is 3.75. The van der Waals surface area contributed by atoms with Crippen LogP contribution in [0, 0.1) is 0 Å². The van der Waals surface area contributed by atoms with E-state index in [1.165, 1.54) is 44.5 Å². The van der Waals surface area contributed by atoms with Crippen molar-refractivity contribution in [2.75, 3.05) is 0 Å². The monoisotopic (exact) mass is 876 g/mol. The van der Waals surface area contributed by atoms with E-state index < -0.39 is 10.8 Å². The van der Waals surface area contributed by atoms with Gasteiger partial charge in [-0.3, -0.25) is 0 Å². The lowest BCUT2D eigenvalue weighted by molar-refractivity contribution is 0.447. The van der Waals surface area contributed by atoms with Gasteiger partial charge in [0.2, 0.25) is 0 Å². The molecule has 3 aliphatic rings. The van der Waals surface area contributed by atoms with Crippen LogP contribution in [0.4, 0.5) is 0 Å². The Kier molecular flexibility index (Phi) is 8.45. The summed E-state index contributed by atoms with van der Waals surface area (Å²) in [6.07, 6.45) is 0. The van der Waals surface area contributed by atoms with Crippen molar-refractivity contribution in [3.05, 3.63) is 251 Å². The Labute approximate surface area is 385 Å². The minimum Gasteiger partial charge on any atom is -0.508 e. The van der Waals surface area contributed by atoms with Crippen molar-refractivity contribution in [2.45, 2.75) is 10.8 Å². The van der Waals surface area contributed by atoms with E-state index in [1.807, 2.05) is 48.5 Å². The SMILES string of the molecule is Oc1ccc(C2(c3ccc(OSOc4cccc5c6c(ccc45)C4(c5ccccc5-c5ccccc54)c4ccc5c(OS)cccc5c4O6)cc3)c3ccccc3-c3ccccc32)cc1.